The highest BCUT2D eigenvalue weighted by molar-refractivity contribution is 5.89. The molecule has 1 N–H and O–H groups in total. The van der Waals surface area contributed by atoms with Crippen LogP contribution in [0.1, 0.15) is 37.7 Å². The summed E-state index contributed by atoms with van der Waals surface area (Å²) in [6.45, 7) is 0.281. The molecule has 0 aromatic heterocycles. The van der Waals surface area contributed by atoms with Crippen molar-refractivity contribution >= 4 is 18.0 Å². The van der Waals surface area contributed by atoms with Gasteiger partial charge in [0.05, 0.1) is 14.2 Å². The molecule has 0 unspecified atom stereocenters. The Morgan fingerprint density at radius 2 is 2.04 bits per heavy atom. The van der Waals surface area contributed by atoms with Crippen LogP contribution in [0.15, 0.2) is 35.9 Å². The van der Waals surface area contributed by atoms with Crippen molar-refractivity contribution in [3.63, 3.8) is 0 Å². The van der Waals surface area contributed by atoms with Crippen molar-refractivity contribution in [2.24, 2.45) is 0 Å². The molecule has 0 bridgehead atoms. The number of benzene rings is 1. The van der Waals surface area contributed by atoms with Crippen molar-refractivity contribution in [3.05, 3.63) is 41.5 Å². The van der Waals surface area contributed by atoms with E-state index in [0.717, 1.165) is 19.3 Å². The Kier molecular flexibility index (Phi) is 8.42. The van der Waals surface area contributed by atoms with Crippen LogP contribution < -0.4 is 14.8 Å². The van der Waals surface area contributed by atoms with E-state index in [9.17, 15) is 9.59 Å². The first-order chi connectivity index (χ1) is 13.1. The summed E-state index contributed by atoms with van der Waals surface area (Å²) in [6.07, 6.45) is 10.7. The number of carbonyl (C=O) groups is 2. The molecule has 0 radical (unpaired) electrons. The highest BCUT2D eigenvalue weighted by Gasteiger charge is 2.08. The van der Waals surface area contributed by atoms with Gasteiger partial charge in [-0.2, -0.15) is 0 Å². The van der Waals surface area contributed by atoms with Crippen LogP contribution in [0.2, 0.25) is 0 Å². The van der Waals surface area contributed by atoms with Crippen LogP contribution in [-0.4, -0.2) is 39.2 Å². The van der Waals surface area contributed by atoms with E-state index in [4.69, 9.17) is 14.2 Å². The zero-order chi connectivity index (χ0) is 19.5. The minimum Gasteiger partial charge on any atom is -0.497 e. The SMILES string of the molecule is COc1ccc(/C=C/C(=O)OCC(=O)NCCC2=CCCCC2)c(OC)c1. The van der Waals surface area contributed by atoms with Crippen molar-refractivity contribution < 1.29 is 23.8 Å². The van der Waals surface area contributed by atoms with Gasteiger partial charge in [0.1, 0.15) is 11.5 Å². The molecule has 146 valence electrons. The van der Waals surface area contributed by atoms with E-state index in [2.05, 4.69) is 11.4 Å². The van der Waals surface area contributed by atoms with Gasteiger partial charge in [-0.1, -0.05) is 11.6 Å². The Morgan fingerprint density at radius 1 is 1.19 bits per heavy atom. The number of hydrogen-bond donors (Lipinski definition) is 1. The van der Waals surface area contributed by atoms with Crippen molar-refractivity contribution in [3.8, 4) is 11.5 Å². The van der Waals surface area contributed by atoms with E-state index >= 15 is 0 Å². The summed E-state index contributed by atoms with van der Waals surface area (Å²) >= 11 is 0. The van der Waals surface area contributed by atoms with Gasteiger partial charge in [-0.3, -0.25) is 4.79 Å². The van der Waals surface area contributed by atoms with Crippen LogP contribution in [0.4, 0.5) is 0 Å². The highest BCUT2D eigenvalue weighted by Crippen LogP contribution is 2.25. The number of hydrogen-bond acceptors (Lipinski definition) is 5. The minimum atomic E-state index is -0.585. The number of carbonyl (C=O) groups excluding carboxylic acids is 2. The molecule has 6 nitrogen and oxygen atoms in total. The number of ether oxygens (including phenoxy) is 3. The Bertz CT molecular complexity index is 709. The largest absolute Gasteiger partial charge is 0.497 e. The molecule has 0 atom stereocenters. The number of methoxy groups -OCH3 is 2. The summed E-state index contributed by atoms with van der Waals surface area (Å²) in [5.74, 6) is 0.355. The standard InChI is InChI=1S/C21H27NO5/c1-25-18-10-8-17(19(14-18)26-2)9-11-21(24)27-15-20(23)22-13-12-16-6-4-3-5-7-16/h6,8-11,14H,3-5,7,12-13,15H2,1-2H3,(H,22,23)/b11-9+. The zero-order valence-electron chi connectivity index (χ0n) is 16.0. The van der Waals surface area contributed by atoms with Crippen LogP contribution in [0.3, 0.4) is 0 Å². The van der Waals surface area contributed by atoms with Crippen LogP contribution >= 0.6 is 0 Å². The summed E-state index contributed by atoms with van der Waals surface area (Å²) in [7, 11) is 3.11. The summed E-state index contributed by atoms with van der Waals surface area (Å²) in [4.78, 5) is 23.6. The highest BCUT2D eigenvalue weighted by atomic mass is 16.5. The molecule has 1 aromatic carbocycles. The van der Waals surface area contributed by atoms with Gasteiger partial charge in [0.15, 0.2) is 6.61 Å². The monoisotopic (exact) mass is 373 g/mol. The van der Waals surface area contributed by atoms with Gasteiger partial charge in [-0.05, 0) is 50.3 Å². The third-order valence-corrected chi connectivity index (χ3v) is 4.34. The minimum absolute atomic E-state index is 0.290. The van der Waals surface area contributed by atoms with E-state index in [1.54, 1.807) is 31.4 Å². The second kappa shape index (κ2) is 11.1. The molecule has 0 fully saturated rings. The smallest absolute Gasteiger partial charge is 0.331 e. The lowest BCUT2D eigenvalue weighted by atomic mass is 9.97. The summed E-state index contributed by atoms with van der Waals surface area (Å²) < 4.78 is 15.4. The van der Waals surface area contributed by atoms with Crippen LogP contribution in [0.25, 0.3) is 6.08 Å². The molecule has 0 saturated heterocycles. The predicted octanol–water partition coefficient (Wildman–Crippen LogP) is 3.27. The Hall–Kier alpha value is -2.76. The number of rotatable bonds is 9. The molecule has 1 aliphatic rings. The third kappa shape index (κ3) is 7.17. The number of amides is 1. The summed E-state index contributed by atoms with van der Waals surface area (Å²) in [5.41, 5.74) is 2.11. The van der Waals surface area contributed by atoms with Gasteiger partial charge in [0.2, 0.25) is 0 Å². The van der Waals surface area contributed by atoms with Gasteiger partial charge in [0.25, 0.3) is 5.91 Å². The average molecular weight is 373 g/mol. The lowest BCUT2D eigenvalue weighted by molar-refractivity contribution is -0.143. The second-order valence-corrected chi connectivity index (χ2v) is 6.26. The molecule has 1 amide bonds. The second-order valence-electron chi connectivity index (χ2n) is 6.26. The predicted molar refractivity (Wildman–Crippen MR) is 104 cm³/mol. The molecule has 6 heteroatoms. The maximum absolute atomic E-state index is 11.8. The fraction of sp³-hybridized carbons (Fsp3) is 0.429. The maximum atomic E-state index is 11.8. The Labute approximate surface area is 160 Å². The van der Waals surface area contributed by atoms with Crippen molar-refractivity contribution in [1.82, 2.24) is 5.32 Å². The van der Waals surface area contributed by atoms with Gasteiger partial charge in [-0.25, -0.2) is 4.79 Å². The lowest BCUT2D eigenvalue weighted by Crippen LogP contribution is -2.29. The molecule has 2 rings (SSSR count). The first-order valence-electron chi connectivity index (χ1n) is 9.14. The quantitative estimate of drug-likeness (QED) is 0.409. The first-order valence-corrected chi connectivity index (χ1v) is 9.14. The van der Waals surface area contributed by atoms with E-state index < -0.39 is 5.97 Å². The molecular formula is C21H27NO5. The number of nitrogens with one attached hydrogen (secondary N) is 1. The van der Waals surface area contributed by atoms with E-state index in [0.29, 0.717) is 23.6 Å². The van der Waals surface area contributed by atoms with E-state index in [1.165, 1.54) is 31.6 Å². The third-order valence-electron chi connectivity index (χ3n) is 4.34. The van der Waals surface area contributed by atoms with Crippen molar-refractivity contribution in [1.29, 1.82) is 0 Å². The van der Waals surface area contributed by atoms with Crippen molar-refractivity contribution in [2.75, 3.05) is 27.4 Å². The fourth-order valence-corrected chi connectivity index (χ4v) is 2.84. The molecular weight excluding hydrogens is 346 g/mol. The molecule has 0 saturated carbocycles. The maximum Gasteiger partial charge on any atom is 0.331 e. The average Bonchev–Trinajstić information content (AvgIpc) is 2.71. The van der Waals surface area contributed by atoms with Gasteiger partial charge in [0, 0.05) is 24.3 Å². The van der Waals surface area contributed by atoms with Crippen molar-refractivity contribution in [2.45, 2.75) is 32.1 Å². The Morgan fingerprint density at radius 3 is 2.74 bits per heavy atom. The molecule has 27 heavy (non-hydrogen) atoms. The number of esters is 1. The van der Waals surface area contributed by atoms with Crippen LogP contribution in [-0.2, 0) is 14.3 Å². The lowest BCUT2D eigenvalue weighted by Gasteiger charge is -2.12. The molecule has 0 heterocycles. The fourth-order valence-electron chi connectivity index (χ4n) is 2.84. The first kappa shape index (κ1) is 20.6. The summed E-state index contributed by atoms with van der Waals surface area (Å²) in [6, 6.07) is 5.26. The van der Waals surface area contributed by atoms with E-state index in [-0.39, 0.29) is 12.5 Å². The topological polar surface area (TPSA) is 73.9 Å². The van der Waals surface area contributed by atoms with Crippen LogP contribution in [0.5, 0.6) is 11.5 Å². The molecule has 1 aromatic rings. The number of allylic oxidation sites excluding steroid dienone is 1. The van der Waals surface area contributed by atoms with Gasteiger partial charge >= 0.3 is 5.97 Å². The normalized spacial score (nSPS) is 13.8. The van der Waals surface area contributed by atoms with Crippen LogP contribution in [0, 0.1) is 0 Å². The Balaban J connectivity index is 1.72. The zero-order valence-corrected chi connectivity index (χ0v) is 16.0. The summed E-state index contributed by atoms with van der Waals surface area (Å²) in [5, 5.41) is 2.78. The molecule has 1 aliphatic carbocycles. The van der Waals surface area contributed by atoms with Gasteiger partial charge < -0.3 is 19.5 Å². The van der Waals surface area contributed by atoms with E-state index in [1.807, 2.05) is 0 Å². The van der Waals surface area contributed by atoms with Gasteiger partial charge in [-0.15, -0.1) is 0 Å². The molecule has 0 aliphatic heterocycles. The molecule has 0 spiro atoms.